The summed E-state index contributed by atoms with van der Waals surface area (Å²) in [7, 11) is 0. The second-order valence-corrected chi connectivity index (χ2v) is 2.77. The Labute approximate surface area is 76.0 Å². The normalized spacial score (nSPS) is 12.5. The van der Waals surface area contributed by atoms with Gasteiger partial charge in [-0.3, -0.25) is 0 Å². The van der Waals surface area contributed by atoms with Crippen molar-refractivity contribution in [3.05, 3.63) is 35.6 Å². The molecule has 0 aliphatic heterocycles. The van der Waals surface area contributed by atoms with E-state index in [0.717, 1.165) is 0 Å². The molecule has 1 rings (SSSR count). The lowest BCUT2D eigenvalue weighted by molar-refractivity contribution is 0.905. The zero-order valence-electron chi connectivity index (χ0n) is 6.50. The lowest BCUT2D eigenvalue weighted by Crippen LogP contribution is -2.08. The van der Waals surface area contributed by atoms with Gasteiger partial charge in [0.1, 0.15) is 5.15 Å². The molecule has 0 spiro atoms. The number of halogens is 1. The Kier molecular flexibility index (Phi) is 2.68. The molecule has 0 aliphatic carbocycles. The van der Waals surface area contributed by atoms with E-state index in [2.05, 4.69) is 11.6 Å². The molecule has 3 nitrogen and oxygen atoms in total. The second kappa shape index (κ2) is 3.56. The highest BCUT2D eigenvalue weighted by Crippen LogP contribution is 2.21. The molecule has 0 radical (unpaired) electrons. The summed E-state index contributed by atoms with van der Waals surface area (Å²) >= 11 is 5.78. The van der Waals surface area contributed by atoms with Gasteiger partial charge in [0.25, 0.3) is 0 Å². The Morgan fingerprint density at radius 3 is 2.92 bits per heavy atom. The number of nitrogens with two attached hydrogens (primary N) is 2. The SMILES string of the molecule is C=C[C@H](N)c1cc(N)cnc1Cl. The topological polar surface area (TPSA) is 64.9 Å². The van der Waals surface area contributed by atoms with Crippen molar-refractivity contribution < 1.29 is 0 Å². The first kappa shape index (κ1) is 9.03. The highest BCUT2D eigenvalue weighted by molar-refractivity contribution is 6.30. The number of hydrogen-bond acceptors (Lipinski definition) is 3. The van der Waals surface area contributed by atoms with Gasteiger partial charge in [-0.25, -0.2) is 4.98 Å². The average molecular weight is 184 g/mol. The third-order valence-corrected chi connectivity index (χ3v) is 1.82. The fraction of sp³-hybridized carbons (Fsp3) is 0.125. The predicted octanol–water partition coefficient (Wildman–Crippen LogP) is 1.50. The van der Waals surface area contributed by atoms with Crippen LogP contribution in [0, 0.1) is 0 Å². The van der Waals surface area contributed by atoms with Crippen LogP contribution in [0.2, 0.25) is 5.15 Å². The molecule has 0 aliphatic rings. The lowest BCUT2D eigenvalue weighted by atomic mass is 10.1. The predicted molar refractivity (Wildman–Crippen MR) is 50.8 cm³/mol. The third kappa shape index (κ3) is 1.75. The number of hydrogen-bond donors (Lipinski definition) is 2. The minimum Gasteiger partial charge on any atom is -0.397 e. The molecule has 12 heavy (non-hydrogen) atoms. The van der Waals surface area contributed by atoms with Crippen LogP contribution in [0.1, 0.15) is 11.6 Å². The molecule has 4 N–H and O–H groups in total. The number of nitrogens with zero attached hydrogens (tertiary/aromatic N) is 1. The van der Waals surface area contributed by atoms with E-state index in [1.54, 1.807) is 12.1 Å². The van der Waals surface area contributed by atoms with Crippen molar-refractivity contribution in [1.82, 2.24) is 4.98 Å². The third-order valence-electron chi connectivity index (χ3n) is 1.50. The first-order chi connectivity index (χ1) is 5.65. The van der Waals surface area contributed by atoms with Crippen LogP contribution in [0.4, 0.5) is 5.69 Å². The standard InChI is InChI=1S/C8H10ClN3/c1-2-7(11)6-3-5(10)4-12-8(6)9/h2-4,7H,1,10-11H2/t7-/m0/s1. The molecular weight excluding hydrogens is 174 g/mol. The molecule has 0 bridgehead atoms. The Balaban J connectivity index is 3.12. The number of aromatic nitrogens is 1. The second-order valence-electron chi connectivity index (χ2n) is 2.41. The maximum absolute atomic E-state index is 5.78. The number of rotatable bonds is 2. The van der Waals surface area contributed by atoms with E-state index in [9.17, 15) is 0 Å². The minimum absolute atomic E-state index is 0.312. The quantitative estimate of drug-likeness (QED) is 0.540. The van der Waals surface area contributed by atoms with E-state index in [1.165, 1.54) is 6.20 Å². The first-order valence-electron chi connectivity index (χ1n) is 3.44. The Morgan fingerprint density at radius 1 is 1.67 bits per heavy atom. The summed E-state index contributed by atoms with van der Waals surface area (Å²) in [5.41, 5.74) is 12.4. The van der Waals surface area contributed by atoms with E-state index in [-0.39, 0.29) is 6.04 Å². The molecule has 0 saturated heterocycles. The highest BCUT2D eigenvalue weighted by Gasteiger charge is 2.07. The van der Waals surface area contributed by atoms with E-state index in [1.807, 2.05) is 0 Å². The smallest absolute Gasteiger partial charge is 0.134 e. The molecule has 0 amide bonds. The fourth-order valence-electron chi connectivity index (χ4n) is 0.843. The number of nitrogen functional groups attached to an aromatic ring is 1. The molecule has 1 aromatic heterocycles. The van der Waals surface area contributed by atoms with Gasteiger partial charge in [0.2, 0.25) is 0 Å². The van der Waals surface area contributed by atoms with Gasteiger partial charge >= 0.3 is 0 Å². The monoisotopic (exact) mass is 183 g/mol. The summed E-state index contributed by atoms with van der Waals surface area (Å²) in [6.45, 7) is 3.56. The van der Waals surface area contributed by atoms with Crippen LogP contribution >= 0.6 is 11.6 Å². The maximum atomic E-state index is 5.78. The van der Waals surface area contributed by atoms with Gasteiger partial charge < -0.3 is 11.5 Å². The van der Waals surface area contributed by atoms with Crippen LogP contribution in [-0.2, 0) is 0 Å². The van der Waals surface area contributed by atoms with Gasteiger partial charge in [0, 0.05) is 5.56 Å². The van der Waals surface area contributed by atoms with Gasteiger partial charge in [-0.15, -0.1) is 6.58 Å². The molecule has 0 fully saturated rings. The molecule has 1 heterocycles. The van der Waals surface area contributed by atoms with Crippen LogP contribution in [0.3, 0.4) is 0 Å². The first-order valence-corrected chi connectivity index (χ1v) is 3.82. The summed E-state index contributed by atoms with van der Waals surface area (Å²) < 4.78 is 0. The summed E-state index contributed by atoms with van der Waals surface area (Å²) in [6.07, 6.45) is 3.07. The van der Waals surface area contributed by atoms with Crippen LogP contribution in [0.15, 0.2) is 24.9 Å². The van der Waals surface area contributed by atoms with Crippen LogP contribution < -0.4 is 11.5 Å². The summed E-state index contributed by atoms with van der Waals surface area (Å²) in [4.78, 5) is 3.86. The molecular formula is C8H10ClN3. The lowest BCUT2D eigenvalue weighted by Gasteiger charge is -2.08. The molecule has 0 saturated carbocycles. The van der Waals surface area contributed by atoms with Crippen molar-refractivity contribution >= 4 is 17.3 Å². The zero-order chi connectivity index (χ0) is 9.14. The Hall–Kier alpha value is -1.06. The van der Waals surface area contributed by atoms with Crippen LogP contribution in [0.5, 0.6) is 0 Å². The van der Waals surface area contributed by atoms with Gasteiger partial charge in [0.05, 0.1) is 17.9 Å². The van der Waals surface area contributed by atoms with Crippen molar-refractivity contribution in [3.8, 4) is 0 Å². The van der Waals surface area contributed by atoms with E-state index in [0.29, 0.717) is 16.4 Å². The van der Waals surface area contributed by atoms with E-state index < -0.39 is 0 Å². The average Bonchev–Trinajstić information content (AvgIpc) is 2.08. The van der Waals surface area contributed by atoms with Gasteiger partial charge in [-0.2, -0.15) is 0 Å². The molecule has 64 valence electrons. The summed E-state index contributed by atoms with van der Waals surface area (Å²) in [5, 5.41) is 0.372. The van der Waals surface area contributed by atoms with E-state index in [4.69, 9.17) is 23.1 Å². The van der Waals surface area contributed by atoms with Crippen LogP contribution in [0.25, 0.3) is 0 Å². The Morgan fingerprint density at radius 2 is 2.33 bits per heavy atom. The molecule has 0 unspecified atom stereocenters. The highest BCUT2D eigenvalue weighted by atomic mass is 35.5. The van der Waals surface area contributed by atoms with Crippen molar-refractivity contribution in [2.24, 2.45) is 5.73 Å². The fourth-order valence-corrected chi connectivity index (χ4v) is 1.07. The van der Waals surface area contributed by atoms with Crippen molar-refractivity contribution in [3.63, 3.8) is 0 Å². The largest absolute Gasteiger partial charge is 0.397 e. The van der Waals surface area contributed by atoms with Crippen molar-refractivity contribution in [2.75, 3.05) is 5.73 Å². The van der Waals surface area contributed by atoms with Gasteiger partial charge in [-0.05, 0) is 6.07 Å². The minimum atomic E-state index is -0.312. The summed E-state index contributed by atoms with van der Waals surface area (Å²) in [6, 6.07) is 1.38. The number of anilines is 1. The summed E-state index contributed by atoms with van der Waals surface area (Å²) in [5.74, 6) is 0. The van der Waals surface area contributed by atoms with E-state index >= 15 is 0 Å². The number of pyridine rings is 1. The maximum Gasteiger partial charge on any atom is 0.134 e. The van der Waals surface area contributed by atoms with Crippen molar-refractivity contribution in [2.45, 2.75) is 6.04 Å². The van der Waals surface area contributed by atoms with Gasteiger partial charge in [0.15, 0.2) is 0 Å². The zero-order valence-corrected chi connectivity index (χ0v) is 7.25. The molecule has 1 aromatic rings. The Bertz CT molecular complexity index is 298. The van der Waals surface area contributed by atoms with Gasteiger partial charge in [-0.1, -0.05) is 17.7 Å². The molecule has 4 heteroatoms. The van der Waals surface area contributed by atoms with Crippen molar-refractivity contribution in [1.29, 1.82) is 0 Å². The van der Waals surface area contributed by atoms with Crippen LogP contribution in [-0.4, -0.2) is 4.98 Å². The molecule has 0 aromatic carbocycles. The molecule has 1 atom stereocenters.